The molecular formula is C8H9FS. The van der Waals surface area contributed by atoms with Gasteiger partial charge < -0.3 is 0 Å². The van der Waals surface area contributed by atoms with Crippen molar-refractivity contribution >= 4 is 12.6 Å². The number of benzene rings is 1. The lowest BCUT2D eigenvalue weighted by molar-refractivity contribution is 0.616. The first-order chi connectivity index (χ1) is 4.75. The highest BCUT2D eigenvalue weighted by Gasteiger charge is 2.00. The van der Waals surface area contributed by atoms with Crippen molar-refractivity contribution in [2.24, 2.45) is 0 Å². The summed E-state index contributed by atoms with van der Waals surface area (Å²) in [6.45, 7) is 1.88. The molecule has 0 aliphatic carbocycles. The highest BCUT2D eigenvalue weighted by Crippen LogP contribution is 2.13. The van der Waals surface area contributed by atoms with Gasteiger partial charge in [-0.1, -0.05) is 12.1 Å². The lowest BCUT2D eigenvalue weighted by atomic mass is 10.1. The van der Waals surface area contributed by atoms with Crippen molar-refractivity contribution in [2.45, 2.75) is 12.7 Å². The van der Waals surface area contributed by atoms with Crippen LogP contribution in [0.5, 0.6) is 0 Å². The number of thiol groups is 1. The van der Waals surface area contributed by atoms with E-state index in [-0.39, 0.29) is 5.82 Å². The third-order valence-corrected chi connectivity index (χ3v) is 1.83. The van der Waals surface area contributed by atoms with Gasteiger partial charge in [0.2, 0.25) is 0 Å². The number of aryl methyl sites for hydroxylation is 1. The van der Waals surface area contributed by atoms with Crippen molar-refractivity contribution in [3.05, 3.63) is 35.1 Å². The van der Waals surface area contributed by atoms with Gasteiger partial charge in [-0.25, -0.2) is 4.39 Å². The van der Waals surface area contributed by atoms with Gasteiger partial charge in [-0.05, 0) is 18.6 Å². The van der Waals surface area contributed by atoms with E-state index in [4.69, 9.17) is 0 Å². The molecule has 0 unspecified atom stereocenters. The summed E-state index contributed by atoms with van der Waals surface area (Å²) in [4.78, 5) is 0. The summed E-state index contributed by atoms with van der Waals surface area (Å²) in [6.07, 6.45) is 0. The van der Waals surface area contributed by atoms with E-state index in [1.165, 1.54) is 6.07 Å². The first-order valence-electron chi connectivity index (χ1n) is 3.10. The Morgan fingerprint density at radius 2 is 2.20 bits per heavy atom. The second-order valence-electron chi connectivity index (χ2n) is 2.19. The van der Waals surface area contributed by atoms with E-state index in [1.54, 1.807) is 6.07 Å². The number of rotatable bonds is 1. The minimum absolute atomic E-state index is 0.157. The predicted octanol–water partition coefficient (Wildman–Crippen LogP) is 2.56. The van der Waals surface area contributed by atoms with Gasteiger partial charge in [-0.15, -0.1) is 0 Å². The smallest absolute Gasteiger partial charge is 0.127 e. The maximum absolute atomic E-state index is 12.8. The second kappa shape index (κ2) is 3.06. The van der Waals surface area contributed by atoms with Crippen LogP contribution in [0.15, 0.2) is 18.2 Å². The van der Waals surface area contributed by atoms with Crippen molar-refractivity contribution in [1.82, 2.24) is 0 Å². The van der Waals surface area contributed by atoms with E-state index in [1.807, 2.05) is 13.0 Å². The fraction of sp³-hybridized carbons (Fsp3) is 0.250. The first kappa shape index (κ1) is 7.61. The maximum atomic E-state index is 12.8. The fourth-order valence-corrected chi connectivity index (χ4v) is 1.27. The largest absolute Gasteiger partial charge is 0.207 e. The van der Waals surface area contributed by atoms with E-state index in [0.717, 1.165) is 5.56 Å². The molecule has 0 aromatic heterocycles. The Morgan fingerprint density at radius 1 is 1.50 bits per heavy atom. The number of hydrogen-bond acceptors (Lipinski definition) is 1. The van der Waals surface area contributed by atoms with Crippen molar-refractivity contribution in [3.63, 3.8) is 0 Å². The molecule has 0 atom stereocenters. The van der Waals surface area contributed by atoms with E-state index in [9.17, 15) is 4.39 Å². The lowest BCUT2D eigenvalue weighted by Crippen LogP contribution is -1.88. The summed E-state index contributed by atoms with van der Waals surface area (Å²) in [5, 5.41) is 0. The summed E-state index contributed by atoms with van der Waals surface area (Å²) in [5.41, 5.74) is 1.67. The van der Waals surface area contributed by atoms with E-state index >= 15 is 0 Å². The topological polar surface area (TPSA) is 0 Å². The molecule has 0 heterocycles. The van der Waals surface area contributed by atoms with Crippen LogP contribution in [0.1, 0.15) is 11.1 Å². The Bertz CT molecular complexity index is 212. The van der Waals surface area contributed by atoms with E-state index in [2.05, 4.69) is 12.6 Å². The van der Waals surface area contributed by atoms with Gasteiger partial charge in [0, 0.05) is 11.3 Å². The predicted molar refractivity (Wildman–Crippen MR) is 43.8 cm³/mol. The van der Waals surface area contributed by atoms with Gasteiger partial charge in [0.15, 0.2) is 0 Å². The van der Waals surface area contributed by atoms with Crippen molar-refractivity contribution in [3.8, 4) is 0 Å². The van der Waals surface area contributed by atoms with E-state index in [0.29, 0.717) is 11.3 Å². The maximum Gasteiger partial charge on any atom is 0.127 e. The fourth-order valence-electron chi connectivity index (χ4n) is 0.867. The molecule has 0 saturated carbocycles. The Balaban J connectivity index is 3.17. The third kappa shape index (κ3) is 1.32. The molecule has 1 rings (SSSR count). The molecule has 0 amide bonds. The van der Waals surface area contributed by atoms with Gasteiger partial charge in [0.25, 0.3) is 0 Å². The Morgan fingerprint density at radius 3 is 2.60 bits per heavy atom. The number of hydrogen-bond donors (Lipinski definition) is 1. The monoisotopic (exact) mass is 156 g/mol. The molecule has 10 heavy (non-hydrogen) atoms. The molecule has 0 saturated heterocycles. The van der Waals surface area contributed by atoms with Crippen LogP contribution in [0, 0.1) is 12.7 Å². The zero-order valence-electron chi connectivity index (χ0n) is 5.76. The molecule has 1 aromatic carbocycles. The molecule has 0 spiro atoms. The normalized spacial score (nSPS) is 9.90. The van der Waals surface area contributed by atoms with Crippen molar-refractivity contribution < 1.29 is 4.39 Å². The van der Waals surface area contributed by atoms with Crippen LogP contribution in [-0.4, -0.2) is 0 Å². The second-order valence-corrected chi connectivity index (χ2v) is 2.51. The van der Waals surface area contributed by atoms with Crippen LogP contribution in [0.3, 0.4) is 0 Å². The molecule has 0 bridgehead atoms. The molecule has 0 fully saturated rings. The van der Waals surface area contributed by atoms with Gasteiger partial charge in [-0.2, -0.15) is 12.6 Å². The molecule has 2 heteroatoms. The minimum Gasteiger partial charge on any atom is -0.207 e. The van der Waals surface area contributed by atoms with Crippen LogP contribution < -0.4 is 0 Å². The van der Waals surface area contributed by atoms with Gasteiger partial charge in [-0.3, -0.25) is 0 Å². The Kier molecular flexibility index (Phi) is 2.33. The lowest BCUT2D eigenvalue weighted by Gasteiger charge is -2.01. The van der Waals surface area contributed by atoms with Gasteiger partial charge >= 0.3 is 0 Å². The standard InChI is InChI=1S/C8H9FS/c1-6-3-2-4-8(9)7(6)5-10/h2-4,10H,5H2,1H3. The molecule has 54 valence electrons. The molecule has 0 N–H and O–H groups in total. The van der Waals surface area contributed by atoms with Crippen LogP contribution in [-0.2, 0) is 5.75 Å². The highest BCUT2D eigenvalue weighted by molar-refractivity contribution is 7.79. The summed E-state index contributed by atoms with van der Waals surface area (Å²) < 4.78 is 12.8. The van der Waals surface area contributed by atoms with Crippen molar-refractivity contribution in [2.75, 3.05) is 0 Å². The van der Waals surface area contributed by atoms with Crippen LogP contribution >= 0.6 is 12.6 Å². The molecule has 0 aliphatic heterocycles. The van der Waals surface area contributed by atoms with Gasteiger partial charge in [0.1, 0.15) is 5.82 Å². The Hall–Kier alpha value is -0.500. The molecular weight excluding hydrogens is 147 g/mol. The average Bonchev–Trinajstić information content (AvgIpc) is 1.88. The van der Waals surface area contributed by atoms with E-state index < -0.39 is 0 Å². The van der Waals surface area contributed by atoms with Gasteiger partial charge in [0.05, 0.1) is 0 Å². The minimum atomic E-state index is -0.157. The summed E-state index contributed by atoms with van der Waals surface area (Å²) in [7, 11) is 0. The Labute approximate surface area is 65.5 Å². The summed E-state index contributed by atoms with van der Waals surface area (Å²) in [5.74, 6) is 0.313. The molecule has 1 aromatic rings. The highest BCUT2D eigenvalue weighted by atomic mass is 32.1. The first-order valence-corrected chi connectivity index (χ1v) is 3.74. The van der Waals surface area contributed by atoms with Crippen LogP contribution in [0.4, 0.5) is 4.39 Å². The SMILES string of the molecule is Cc1cccc(F)c1CS. The molecule has 0 aliphatic rings. The zero-order valence-corrected chi connectivity index (χ0v) is 6.66. The van der Waals surface area contributed by atoms with Crippen molar-refractivity contribution in [1.29, 1.82) is 0 Å². The zero-order chi connectivity index (χ0) is 7.56. The average molecular weight is 156 g/mol. The summed E-state index contributed by atoms with van der Waals surface area (Å²) in [6, 6.07) is 5.05. The quantitative estimate of drug-likeness (QED) is 0.593. The number of halogens is 1. The van der Waals surface area contributed by atoms with Crippen LogP contribution in [0.25, 0.3) is 0 Å². The molecule has 0 radical (unpaired) electrons. The third-order valence-electron chi connectivity index (χ3n) is 1.51. The summed E-state index contributed by atoms with van der Waals surface area (Å²) >= 11 is 4.01. The van der Waals surface area contributed by atoms with Crippen LogP contribution in [0.2, 0.25) is 0 Å². The molecule has 0 nitrogen and oxygen atoms in total.